The molecule has 0 radical (unpaired) electrons. The number of amides is 2. The van der Waals surface area contributed by atoms with Gasteiger partial charge in [-0.3, -0.25) is 15.6 Å². The lowest BCUT2D eigenvalue weighted by Gasteiger charge is -2.40. The van der Waals surface area contributed by atoms with Crippen LogP contribution in [0, 0.1) is 5.41 Å². The minimum absolute atomic E-state index is 0.0199. The molecule has 2 aromatic carbocycles. The summed E-state index contributed by atoms with van der Waals surface area (Å²) in [4.78, 5) is 37.9. The third-order valence-corrected chi connectivity index (χ3v) is 4.55. The van der Waals surface area contributed by atoms with Crippen LogP contribution in [0.15, 0.2) is 54.6 Å². The monoisotopic (exact) mass is 441 g/mol. The summed E-state index contributed by atoms with van der Waals surface area (Å²) in [5.74, 6) is -1.08. The molecule has 0 aliphatic carbocycles. The summed E-state index contributed by atoms with van der Waals surface area (Å²) in [5.41, 5.74) is 7.37. The molecule has 0 fully saturated rings. The van der Waals surface area contributed by atoms with Gasteiger partial charge < -0.3 is 20.5 Å². The number of nitrogens with one attached hydrogen (secondary N) is 3. The van der Waals surface area contributed by atoms with E-state index in [0.29, 0.717) is 16.8 Å². The Bertz CT molecular complexity index is 953. The van der Waals surface area contributed by atoms with E-state index in [0.717, 1.165) is 5.01 Å². The first-order chi connectivity index (χ1) is 15.4. The highest BCUT2D eigenvalue weighted by molar-refractivity contribution is 5.91. The van der Waals surface area contributed by atoms with Crippen LogP contribution in [-0.4, -0.2) is 42.7 Å². The summed E-state index contributed by atoms with van der Waals surface area (Å²) in [6.45, 7) is 3.31. The average molecular weight is 441 g/mol. The molecule has 2 aromatic rings. The van der Waals surface area contributed by atoms with E-state index in [1.807, 2.05) is 6.07 Å². The van der Waals surface area contributed by atoms with Crippen LogP contribution >= 0.6 is 0 Å². The maximum atomic E-state index is 13.5. The topological polar surface area (TPSA) is 147 Å². The molecule has 0 aliphatic rings. The zero-order chi connectivity index (χ0) is 23.6. The van der Waals surface area contributed by atoms with Crippen LogP contribution in [0.3, 0.4) is 0 Å². The molecule has 2 rings (SSSR count). The summed E-state index contributed by atoms with van der Waals surface area (Å²) < 4.78 is 10.5. The van der Waals surface area contributed by atoms with Gasteiger partial charge in [0.15, 0.2) is 11.5 Å². The largest absolute Gasteiger partial charge is 0.464 e. The highest BCUT2D eigenvalue weighted by Crippen LogP contribution is 2.35. The number of esters is 1. The highest BCUT2D eigenvalue weighted by Gasteiger charge is 2.51. The van der Waals surface area contributed by atoms with Crippen LogP contribution < -0.4 is 16.5 Å². The minimum Gasteiger partial charge on any atom is -0.464 e. The first-order valence-electron chi connectivity index (χ1n) is 9.98. The number of hydrazine groups is 1. The van der Waals surface area contributed by atoms with Crippen molar-refractivity contribution >= 4 is 30.1 Å². The lowest BCUT2D eigenvalue weighted by Crippen LogP contribution is -2.62. The molecule has 0 saturated heterocycles. The second-order valence-electron chi connectivity index (χ2n) is 6.64. The number of nitrogens with zero attached hydrogens (tertiary/aromatic N) is 1. The molecule has 32 heavy (non-hydrogen) atoms. The number of rotatable bonds is 10. The molecule has 1 atom stereocenters. The molecule has 10 nitrogen and oxygen atoms in total. The molecule has 170 valence electrons. The molecule has 0 unspecified atom stereocenters. The number of carbonyl (C=O) groups excluding carboxylic acids is 3. The Morgan fingerprint density at radius 2 is 1.78 bits per heavy atom. The molecular formula is C22H27N5O5. The number of nitrogens with two attached hydrogens (primary N) is 1. The fraction of sp³-hybridized carbons (Fsp3) is 0.273. The van der Waals surface area contributed by atoms with Crippen molar-refractivity contribution in [1.82, 2.24) is 10.4 Å². The van der Waals surface area contributed by atoms with Gasteiger partial charge in [0, 0.05) is 12.1 Å². The van der Waals surface area contributed by atoms with Gasteiger partial charge in [0.25, 0.3) is 0 Å². The molecule has 10 heteroatoms. The molecule has 5 N–H and O–H groups in total. The zero-order valence-corrected chi connectivity index (χ0v) is 18.0. The molecule has 0 saturated carbocycles. The molecule has 2 amide bonds. The number of benzene rings is 2. The number of anilines is 1. The lowest BCUT2D eigenvalue weighted by molar-refractivity contribution is -0.160. The Kier molecular flexibility index (Phi) is 8.58. The Balaban J connectivity index is 2.80. The van der Waals surface area contributed by atoms with Gasteiger partial charge in [0.05, 0.1) is 13.2 Å². The predicted molar refractivity (Wildman–Crippen MR) is 118 cm³/mol. The zero-order valence-electron chi connectivity index (χ0n) is 18.0. The predicted octanol–water partition coefficient (Wildman–Crippen LogP) is 2.11. The van der Waals surface area contributed by atoms with Crippen LogP contribution in [-0.2, 0) is 31.0 Å². The first kappa shape index (κ1) is 24.2. The molecule has 0 spiro atoms. The van der Waals surface area contributed by atoms with E-state index in [1.165, 1.54) is 0 Å². The summed E-state index contributed by atoms with van der Waals surface area (Å²) in [6.07, 6.45) is -0.683. The number of hydrogen-bond acceptors (Lipinski definition) is 6. The standard InChI is InChI=1S/C22H27N5O5/c1-3-31-19(29)22(14-16-9-6-5-7-10-16,27(25-15-28)21(30)32-4-2)17-11-8-12-18(13-17)26-20(23)24/h5-13,15H,3-4,14H2,1-2H3,(H,25,28)(H4,23,24,26)/t22-/m1/s1. The van der Waals surface area contributed by atoms with Crippen molar-refractivity contribution in [2.75, 3.05) is 18.5 Å². The van der Waals surface area contributed by atoms with Gasteiger partial charge >= 0.3 is 12.1 Å². The van der Waals surface area contributed by atoms with E-state index in [1.54, 1.807) is 62.4 Å². The maximum Gasteiger partial charge on any atom is 0.430 e. The molecular weight excluding hydrogens is 414 g/mol. The Hall–Kier alpha value is -4.08. The number of ether oxygens (including phenoxy) is 2. The fourth-order valence-corrected chi connectivity index (χ4v) is 3.30. The second-order valence-corrected chi connectivity index (χ2v) is 6.64. The van der Waals surface area contributed by atoms with Crippen molar-refractivity contribution in [3.05, 3.63) is 65.7 Å². The van der Waals surface area contributed by atoms with Gasteiger partial charge in [-0.05, 0) is 37.1 Å². The van der Waals surface area contributed by atoms with E-state index in [2.05, 4.69) is 10.7 Å². The Morgan fingerprint density at radius 3 is 2.38 bits per heavy atom. The molecule has 0 heterocycles. The van der Waals surface area contributed by atoms with Crippen LogP contribution in [0.4, 0.5) is 10.5 Å². The van der Waals surface area contributed by atoms with Gasteiger partial charge in [0.2, 0.25) is 6.41 Å². The normalized spacial score (nSPS) is 12.1. The van der Waals surface area contributed by atoms with Gasteiger partial charge in [-0.1, -0.05) is 42.5 Å². The molecule has 0 bridgehead atoms. The average Bonchev–Trinajstić information content (AvgIpc) is 2.77. The minimum atomic E-state index is -1.82. The Labute approximate surface area is 186 Å². The van der Waals surface area contributed by atoms with Crippen molar-refractivity contribution in [2.24, 2.45) is 5.73 Å². The van der Waals surface area contributed by atoms with Gasteiger partial charge in [-0.25, -0.2) is 9.59 Å². The van der Waals surface area contributed by atoms with Gasteiger partial charge in [-0.2, -0.15) is 5.01 Å². The van der Waals surface area contributed by atoms with Crippen molar-refractivity contribution in [3.8, 4) is 0 Å². The summed E-state index contributed by atoms with van der Waals surface area (Å²) in [5, 5.41) is 11.0. The van der Waals surface area contributed by atoms with Crippen LogP contribution in [0.2, 0.25) is 0 Å². The third-order valence-electron chi connectivity index (χ3n) is 4.55. The van der Waals surface area contributed by atoms with Crippen LogP contribution in [0.5, 0.6) is 0 Å². The van der Waals surface area contributed by atoms with Crippen molar-refractivity contribution in [3.63, 3.8) is 0 Å². The smallest absolute Gasteiger partial charge is 0.430 e. The van der Waals surface area contributed by atoms with Crippen molar-refractivity contribution in [1.29, 1.82) is 5.41 Å². The van der Waals surface area contributed by atoms with Gasteiger partial charge in [0.1, 0.15) is 0 Å². The number of hydrogen-bond donors (Lipinski definition) is 4. The molecule has 0 aromatic heterocycles. The summed E-state index contributed by atoms with van der Waals surface area (Å²) in [6, 6.07) is 15.4. The Morgan fingerprint density at radius 1 is 1.09 bits per heavy atom. The SMILES string of the molecule is CCOC(=O)N(NC=O)[C@@](Cc1ccccc1)(C(=O)OCC)c1cccc(NC(=N)N)c1. The summed E-state index contributed by atoms with van der Waals surface area (Å²) in [7, 11) is 0. The van der Waals surface area contributed by atoms with E-state index in [9.17, 15) is 14.4 Å². The maximum absolute atomic E-state index is 13.5. The van der Waals surface area contributed by atoms with Crippen molar-refractivity contribution in [2.45, 2.75) is 25.8 Å². The molecule has 0 aliphatic heterocycles. The van der Waals surface area contributed by atoms with E-state index < -0.39 is 17.6 Å². The van der Waals surface area contributed by atoms with Crippen molar-refractivity contribution < 1.29 is 23.9 Å². The highest BCUT2D eigenvalue weighted by atomic mass is 16.6. The fourth-order valence-electron chi connectivity index (χ4n) is 3.30. The quantitative estimate of drug-likeness (QED) is 0.145. The third kappa shape index (κ3) is 5.54. The van der Waals surface area contributed by atoms with Crippen LogP contribution in [0.1, 0.15) is 25.0 Å². The lowest BCUT2D eigenvalue weighted by atomic mass is 9.82. The van der Waals surface area contributed by atoms with Gasteiger partial charge in [-0.15, -0.1) is 0 Å². The number of guanidine groups is 1. The number of carbonyl (C=O) groups is 3. The summed E-state index contributed by atoms with van der Waals surface area (Å²) >= 11 is 0. The van der Waals surface area contributed by atoms with E-state index in [-0.39, 0.29) is 32.0 Å². The van der Waals surface area contributed by atoms with E-state index in [4.69, 9.17) is 20.6 Å². The second kappa shape index (κ2) is 11.3. The first-order valence-corrected chi connectivity index (χ1v) is 9.98. The van der Waals surface area contributed by atoms with E-state index >= 15 is 0 Å². The van der Waals surface area contributed by atoms with Crippen LogP contribution in [0.25, 0.3) is 0 Å².